The molecule has 0 bridgehead atoms. The van der Waals surface area contributed by atoms with Gasteiger partial charge in [0.15, 0.2) is 5.69 Å². The highest BCUT2D eigenvalue weighted by molar-refractivity contribution is 9.11. The minimum Gasteiger partial charge on any atom is -0.320 e. The van der Waals surface area contributed by atoms with E-state index in [2.05, 4.69) is 42.3 Å². The number of hydrogen-bond acceptors (Lipinski definition) is 2. The average Bonchev–Trinajstić information content (AvgIpc) is 3.04. The van der Waals surface area contributed by atoms with E-state index in [1.165, 1.54) is 12.1 Å². The lowest BCUT2D eigenvalue weighted by molar-refractivity contribution is 0.102. The molecule has 0 saturated heterocycles. The van der Waals surface area contributed by atoms with E-state index in [1.807, 2.05) is 18.2 Å². The largest absolute Gasteiger partial charge is 0.320 e. The maximum absolute atomic E-state index is 13.3. The third-order valence-electron chi connectivity index (χ3n) is 4.65. The van der Waals surface area contributed by atoms with Gasteiger partial charge in [0.25, 0.3) is 5.91 Å². The van der Waals surface area contributed by atoms with Gasteiger partial charge in [-0.15, -0.1) is 0 Å². The van der Waals surface area contributed by atoms with Crippen molar-refractivity contribution in [1.29, 1.82) is 0 Å². The Hall–Kier alpha value is -1.99. The van der Waals surface area contributed by atoms with E-state index in [1.54, 1.807) is 16.8 Å². The molecule has 3 aromatic rings. The van der Waals surface area contributed by atoms with Crippen molar-refractivity contribution in [3.8, 4) is 5.69 Å². The Morgan fingerprint density at radius 1 is 1.07 bits per heavy atom. The van der Waals surface area contributed by atoms with Crippen molar-refractivity contribution in [3.05, 3.63) is 74.2 Å². The van der Waals surface area contributed by atoms with Crippen LogP contribution in [0.3, 0.4) is 0 Å². The molecule has 4 nitrogen and oxygen atoms in total. The Morgan fingerprint density at radius 3 is 2.56 bits per heavy atom. The van der Waals surface area contributed by atoms with Gasteiger partial charge in [-0.25, -0.2) is 9.07 Å². The molecule has 1 aliphatic rings. The van der Waals surface area contributed by atoms with Crippen LogP contribution >= 0.6 is 31.9 Å². The fourth-order valence-electron chi connectivity index (χ4n) is 3.35. The normalized spacial score (nSPS) is 13.3. The van der Waals surface area contributed by atoms with Gasteiger partial charge in [-0.2, -0.15) is 5.10 Å². The molecule has 0 atom stereocenters. The predicted molar refractivity (Wildman–Crippen MR) is 110 cm³/mol. The summed E-state index contributed by atoms with van der Waals surface area (Å²) < 4.78 is 16.8. The van der Waals surface area contributed by atoms with Gasteiger partial charge in [-0.1, -0.05) is 15.9 Å². The Balaban J connectivity index is 1.72. The van der Waals surface area contributed by atoms with Crippen molar-refractivity contribution in [2.75, 3.05) is 5.32 Å². The molecule has 1 aromatic heterocycles. The number of aromatic nitrogens is 2. The number of halogens is 3. The van der Waals surface area contributed by atoms with Crippen LogP contribution in [0.25, 0.3) is 5.69 Å². The summed E-state index contributed by atoms with van der Waals surface area (Å²) in [6.07, 6.45) is 3.76. The molecule has 0 fully saturated rings. The molecule has 0 unspecified atom stereocenters. The molecule has 0 saturated carbocycles. The number of amides is 1. The second-order valence-corrected chi connectivity index (χ2v) is 8.22. The van der Waals surface area contributed by atoms with Gasteiger partial charge in [0.2, 0.25) is 0 Å². The SMILES string of the molecule is O=C(Nc1ccc(Br)cc1Br)c1nn(-c2ccc(F)cc2)c2c1CCCC2. The molecule has 2 aromatic carbocycles. The molecule has 1 aliphatic carbocycles. The Labute approximate surface area is 173 Å². The van der Waals surface area contributed by atoms with E-state index in [-0.39, 0.29) is 11.7 Å². The number of carbonyl (C=O) groups is 1. The molecule has 138 valence electrons. The fraction of sp³-hybridized carbons (Fsp3) is 0.200. The fourth-order valence-corrected chi connectivity index (χ4v) is 4.50. The summed E-state index contributed by atoms with van der Waals surface area (Å²) >= 11 is 6.87. The van der Waals surface area contributed by atoms with Crippen LogP contribution < -0.4 is 5.32 Å². The minimum atomic E-state index is -0.294. The highest BCUT2D eigenvalue weighted by Crippen LogP contribution is 2.30. The van der Waals surface area contributed by atoms with Crippen LogP contribution in [0.4, 0.5) is 10.1 Å². The smallest absolute Gasteiger partial charge is 0.276 e. The Kier molecular flexibility index (Phi) is 5.14. The first-order valence-electron chi connectivity index (χ1n) is 8.66. The van der Waals surface area contributed by atoms with Gasteiger partial charge in [0.05, 0.1) is 11.4 Å². The average molecular weight is 493 g/mol. The second kappa shape index (κ2) is 7.56. The molecule has 1 heterocycles. The molecule has 1 N–H and O–H groups in total. The Morgan fingerprint density at radius 2 is 1.81 bits per heavy atom. The van der Waals surface area contributed by atoms with Crippen LogP contribution in [-0.4, -0.2) is 15.7 Å². The zero-order valence-corrected chi connectivity index (χ0v) is 17.5. The molecule has 4 rings (SSSR count). The van der Waals surface area contributed by atoms with Crippen LogP contribution in [0.1, 0.15) is 34.6 Å². The zero-order valence-electron chi connectivity index (χ0n) is 14.3. The van der Waals surface area contributed by atoms with Gasteiger partial charge in [0.1, 0.15) is 5.82 Å². The number of anilines is 1. The van der Waals surface area contributed by atoms with E-state index in [0.29, 0.717) is 11.4 Å². The summed E-state index contributed by atoms with van der Waals surface area (Å²) in [5.74, 6) is -0.533. The summed E-state index contributed by atoms with van der Waals surface area (Å²) in [7, 11) is 0. The number of hydrogen-bond donors (Lipinski definition) is 1. The molecule has 27 heavy (non-hydrogen) atoms. The number of rotatable bonds is 3. The van der Waals surface area contributed by atoms with Crippen LogP contribution in [0.5, 0.6) is 0 Å². The van der Waals surface area contributed by atoms with Crippen molar-refractivity contribution in [3.63, 3.8) is 0 Å². The molecular formula is C20H16Br2FN3O. The van der Waals surface area contributed by atoms with Gasteiger partial charge in [-0.05, 0) is 84.1 Å². The molecule has 0 spiro atoms. The lowest BCUT2D eigenvalue weighted by Gasteiger charge is -2.14. The van der Waals surface area contributed by atoms with Crippen LogP contribution in [-0.2, 0) is 12.8 Å². The number of nitrogens with one attached hydrogen (secondary N) is 1. The summed E-state index contributed by atoms with van der Waals surface area (Å²) in [4.78, 5) is 12.9. The van der Waals surface area contributed by atoms with Crippen LogP contribution in [0, 0.1) is 5.82 Å². The maximum atomic E-state index is 13.3. The standard InChI is InChI=1S/C20H16Br2FN3O/c21-12-5-10-17(16(22)11-12)24-20(27)19-15-3-1-2-4-18(15)26(25-19)14-8-6-13(23)7-9-14/h5-11H,1-4H2,(H,24,27). The highest BCUT2D eigenvalue weighted by Gasteiger charge is 2.26. The monoisotopic (exact) mass is 491 g/mol. The first-order valence-corrected chi connectivity index (χ1v) is 10.2. The van der Waals surface area contributed by atoms with E-state index in [4.69, 9.17) is 0 Å². The number of nitrogens with zero attached hydrogens (tertiary/aromatic N) is 2. The summed E-state index contributed by atoms with van der Waals surface area (Å²) in [6, 6.07) is 11.8. The topological polar surface area (TPSA) is 46.9 Å². The van der Waals surface area contributed by atoms with Crippen LogP contribution in [0.15, 0.2) is 51.4 Å². The molecule has 0 radical (unpaired) electrons. The van der Waals surface area contributed by atoms with E-state index in [9.17, 15) is 9.18 Å². The first kappa shape index (κ1) is 18.4. The number of carbonyl (C=O) groups excluding carboxylic acids is 1. The van der Waals surface area contributed by atoms with Crippen molar-refractivity contribution < 1.29 is 9.18 Å². The number of fused-ring (bicyclic) bond motifs is 1. The Bertz CT molecular complexity index is 1010. The molecular weight excluding hydrogens is 477 g/mol. The molecule has 7 heteroatoms. The third kappa shape index (κ3) is 3.71. The van der Waals surface area contributed by atoms with E-state index >= 15 is 0 Å². The summed E-state index contributed by atoms with van der Waals surface area (Å²) in [5.41, 5.74) is 3.90. The highest BCUT2D eigenvalue weighted by atomic mass is 79.9. The van der Waals surface area contributed by atoms with Gasteiger partial charge in [-0.3, -0.25) is 4.79 Å². The van der Waals surface area contributed by atoms with Crippen molar-refractivity contribution in [2.24, 2.45) is 0 Å². The third-order valence-corrected chi connectivity index (χ3v) is 5.80. The van der Waals surface area contributed by atoms with Crippen LogP contribution in [0.2, 0.25) is 0 Å². The number of benzene rings is 2. The summed E-state index contributed by atoms with van der Waals surface area (Å²) in [6.45, 7) is 0. The predicted octanol–water partition coefficient (Wildman–Crippen LogP) is 5.67. The zero-order chi connectivity index (χ0) is 19.0. The lowest BCUT2D eigenvalue weighted by Crippen LogP contribution is -2.16. The maximum Gasteiger partial charge on any atom is 0.276 e. The minimum absolute atomic E-state index is 0.239. The van der Waals surface area contributed by atoms with Gasteiger partial charge in [0, 0.05) is 20.2 Å². The van der Waals surface area contributed by atoms with Crippen molar-refractivity contribution >= 4 is 43.5 Å². The molecule has 0 aliphatic heterocycles. The first-order chi connectivity index (χ1) is 13.0. The van der Waals surface area contributed by atoms with E-state index < -0.39 is 0 Å². The van der Waals surface area contributed by atoms with Crippen molar-refractivity contribution in [1.82, 2.24) is 9.78 Å². The summed E-state index contributed by atoms with van der Waals surface area (Å²) in [5, 5.41) is 7.53. The quantitative estimate of drug-likeness (QED) is 0.512. The van der Waals surface area contributed by atoms with E-state index in [0.717, 1.165) is 51.6 Å². The van der Waals surface area contributed by atoms with Gasteiger partial charge >= 0.3 is 0 Å². The lowest BCUT2D eigenvalue weighted by atomic mass is 9.95. The second-order valence-electron chi connectivity index (χ2n) is 6.45. The van der Waals surface area contributed by atoms with Crippen molar-refractivity contribution in [2.45, 2.75) is 25.7 Å². The van der Waals surface area contributed by atoms with Gasteiger partial charge < -0.3 is 5.32 Å². The molecule has 1 amide bonds.